The molecule has 0 aliphatic heterocycles. The number of furan rings is 3. The van der Waals surface area contributed by atoms with Crippen LogP contribution in [0.3, 0.4) is 0 Å². The number of para-hydroxylation sites is 3. The average Bonchev–Trinajstić information content (AvgIpc) is 1.66. The number of fused-ring (bicyclic) bond motifs is 10. The van der Waals surface area contributed by atoms with Crippen molar-refractivity contribution >= 4 is 96.9 Å². The molecule has 0 bridgehead atoms. The van der Waals surface area contributed by atoms with Gasteiger partial charge >= 0.3 is 0 Å². The second kappa shape index (κ2) is 19.9. The highest BCUT2D eigenvalue weighted by Crippen LogP contribution is 2.52. The molecule has 0 N–H and O–H groups in total. The van der Waals surface area contributed by atoms with E-state index in [9.17, 15) is 0 Å². The maximum absolute atomic E-state index is 7.42. The molecule has 17 aromatic rings. The molecule has 7 aromatic heterocycles. The molecular formula is C79H53N5O3S. The van der Waals surface area contributed by atoms with Crippen molar-refractivity contribution < 1.29 is 13.3 Å². The molecule has 17 rings (SSSR count). The first-order valence-electron chi connectivity index (χ1n) is 29.7. The van der Waals surface area contributed by atoms with Gasteiger partial charge in [0.25, 0.3) is 0 Å². The smallest absolute Gasteiger partial charge is 0.161 e. The summed E-state index contributed by atoms with van der Waals surface area (Å²) in [4.78, 5) is 23.7. The molecule has 0 saturated carbocycles. The van der Waals surface area contributed by atoms with Gasteiger partial charge in [0.1, 0.15) is 46.8 Å². The maximum atomic E-state index is 7.42. The molecule has 0 saturated heterocycles. The quantitative estimate of drug-likeness (QED) is 0.139. The van der Waals surface area contributed by atoms with Crippen LogP contribution in [0, 0.1) is 41.5 Å². The van der Waals surface area contributed by atoms with Crippen molar-refractivity contribution in [2.45, 2.75) is 41.5 Å². The summed E-state index contributed by atoms with van der Waals surface area (Å²) in [6.45, 7) is 13.1. The summed E-state index contributed by atoms with van der Waals surface area (Å²) < 4.78 is 24.3. The normalized spacial score (nSPS) is 12.0. The third-order valence-electron chi connectivity index (χ3n) is 18.5. The zero-order valence-corrected chi connectivity index (χ0v) is 49.9. The molecule has 9 heteroatoms. The molecule has 8 nitrogen and oxygen atoms in total. The minimum atomic E-state index is 0.717. The lowest BCUT2D eigenvalue weighted by Crippen LogP contribution is -1.93. The van der Waals surface area contributed by atoms with Crippen LogP contribution in [0.5, 0.6) is 0 Å². The SMILES string of the molecule is Cc1c(-c2ncnc3ccccc23)cccc1-c1ccnc2c1oc1c(-c3oc(-c4c5ccccc5c(-c5oc(-c6cccc7c6sc6c(-c8cccc(-c9ncnc%10ccccc9%10)c8C)cccc67)c(C)c5C)c5ccccc45)c(C)c3C)cccc12. The van der Waals surface area contributed by atoms with Gasteiger partial charge in [-0.3, -0.25) is 4.98 Å². The summed E-state index contributed by atoms with van der Waals surface area (Å²) in [5, 5.41) is 9.70. The number of nitrogens with zero attached hydrogens (tertiary/aromatic N) is 5. The first-order valence-corrected chi connectivity index (χ1v) is 30.5. The molecule has 418 valence electrons. The van der Waals surface area contributed by atoms with Crippen molar-refractivity contribution in [3.8, 4) is 90.1 Å². The molecule has 0 amide bonds. The van der Waals surface area contributed by atoms with Gasteiger partial charge in [-0.05, 0) is 150 Å². The number of hydrogen-bond acceptors (Lipinski definition) is 9. The Labute approximate surface area is 510 Å². The molecule has 0 spiro atoms. The molecule has 0 fully saturated rings. The van der Waals surface area contributed by atoms with Crippen LogP contribution in [0.15, 0.2) is 226 Å². The number of pyridine rings is 1. The fraction of sp³-hybridized carbons (Fsp3) is 0.0759. The lowest BCUT2D eigenvalue weighted by atomic mass is 9.87. The lowest BCUT2D eigenvalue weighted by molar-refractivity contribution is 0.592. The summed E-state index contributed by atoms with van der Waals surface area (Å²) in [5.74, 6) is 3.31. The Morgan fingerprint density at radius 3 is 1.22 bits per heavy atom. The van der Waals surface area contributed by atoms with Crippen LogP contribution in [0.4, 0.5) is 0 Å². The Balaban J connectivity index is 0.782. The Kier molecular flexibility index (Phi) is 11.6. The second-order valence-electron chi connectivity index (χ2n) is 23.1. The first kappa shape index (κ1) is 51.5. The minimum absolute atomic E-state index is 0.717. The van der Waals surface area contributed by atoms with E-state index < -0.39 is 0 Å². The Morgan fingerprint density at radius 2 is 0.670 bits per heavy atom. The van der Waals surface area contributed by atoms with E-state index in [1.54, 1.807) is 12.7 Å². The lowest BCUT2D eigenvalue weighted by Gasteiger charge is -2.16. The molecule has 10 aromatic carbocycles. The highest BCUT2D eigenvalue weighted by Gasteiger charge is 2.29. The molecule has 88 heavy (non-hydrogen) atoms. The van der Waals surface area contributed by atoms with E-state index in [0.717, 1.165) is 167 Å². The number of rotatable bonds is 8. The van der Waals surface area contributed by atoms with Gasteiger partial charge in [-0.15, -0.1) is 11.3 Å². The van der Waals surface area contributed by atoms with Crippen molar-refractivity contribution in [2.24, 2.45) is 0 Å². The fourth-order valence-corrected chi connectivity index (χ4v) is 15.2. The molecule has 0 aliphatic rings. The van der Waals surface area contributed by atoms with Crippen molar-refractivity contribution in [3.63, 3.8) is 0 Å². The van der Waals surface area contributed by atoms with Gasteiger partial charge in [-0.1, -0.05) is 158 Å². The first-order chi connectivity index (χ1) is 43.2. The van der Waals surface area contributed by atoms with Gasteiger partial charge in [0.15, 0.2) is 5.58 Å². The van der Waals surface area contributed by atoms with Crippen molar-refractivity contribution in [2.75, 3.05) is 0 Å². The van der Waals surface area contributed by atoms with E-state index in [-0.39, 0.29) is 0 Å². The van der Waals surface area contributed by atoms with E-state index in [1.807, 2.05) is 53.9 Å². The summed E-state index contributed by atoms with van der Waals surface area (Å²) in [6, 6.07) is 68.4. The number of thiophene rings is 1. The number of benzene rings is 10. The van der Waals surface area contributed by atoms with Crippen molar-refractivity contribution in [1.82, 2.24) is 24.9 Å². The van der Waals surface area contributed by atoms with E-state index >= 15 is 0 Å². The third kappa shape index (κ3) is 7.60. The monoisotopic (exact) mass is 1150 g/mol. The topological polar surface area (TPSA) is 104 Å². The van der Waals surface area contributed by atoms with Crippen LogP contribution >= 0.6 is 11.3 Å². The number of aromatic nitrogens is 5. The van der Waals surface area contributed by atoms with Crippen molar-refractivity contribution in [3.05, 3.63) is 246 Å². The van der Waals surface area contributed by atoms with E-state index in [0.29, 0.717) is 5.58 Å². The predicted octanol–water partition coefficient (Wildman–Crippen LogP) is 21.9. The van der Waals surface area contributed by atoms with E-state index in [1.165, 1.54) is 36.9 Å². The highest BCUT2D eigenvalue weighted by atomic mass is 32.1. The van der Waals surface area contributed by atoms with Crippen LogP contribution in [0.1, 0.15) is 33.4 Å². The summed E-state index contributed by atoms with van der Waals surface area (Å²) in [5.41, 5.74) is 23.1. The molecular weight excluding hydrogens is 1100 g/mol. The van der Waals surface area contributed by atoms with Crippen LogP contribution in [0.2, 0.25) is 0 Å². The van der Waals surface area contributed by atoms with Gasteiger partial charge in [-0.2, -0.15) is 0 Å². The van der Waals surface area contributed by atoms with Crippen LogP contribution in [0.25, 0.3) is 176 Å². The fourth-order valence-electron chi connectivity index (χ4n) is 13.9. The maximum Gasteiger partial charge on any atom is 0.161 e. The molecule has 0 unspecified atom stereocenters. The molecule has 0 radical (unpaired) electrons. The standard InChI is InChI=1S/C79H53N5O3S/c1-42-44(3)74(85-72(42)63-34-19-33-62-71-77(87-76(62)63)56(38-39-80-71)48-26-15-28-50(46(48)5)69-60-24-11-13-36-65(60)81-40-83-69)67-52-20-7-9-22-54(52)68(55-23-10-8-21-53(55)67)75-45(4)43(2)73(86-75)64-35-18-32-59-58-31-17-30-57(78(58)88-79(59)64)49-27-16-29-51(47(49)6)70-61-25-12-14-37-66(61)82-41-84-70/h7-41H,1-6H3. The predicted molar refractivity (Wildman–Crippen MR) is 362 cm³/mol. The summed E-state index contributed by atoms with van der Waals surface area (Å²) >= 11 is 1.84. The minimum Gasteiger partial charge on any atom is -0.455 e. The Bertz CT molecular complexity index is 5380. The second-order valence-corrected chi connectivity index (χ2v) is 24.1. The van der Waals surface area contributed by atoms with E-state index in [4.69, 9.17) is 28.2 Å². The van der Waals surface area contributed by atoms with Gasteiger partial charge in [0.05, 0.1) is 28.0 Å². The average molecular weight is 1150 g/mol. The zero-order valence-electron chi connectivity index (χ0n) is 49.1. The van der Waals surface area contributed by atoms with E-state index in [2.05, 4.69) is 209 Å². The van der Waals surface area contributed by atoms with Gasteiger partial charge < -0.3 is 13.3 Å². The molecule has 0 aliphatic carbocycles. The zero-order chi connectivity index (χ0) is 59.1. The molecule has 0 atom stereocenters. The Morgan fingerprint density at radius 1 is 0.273 bits per heavy atom. The summed E-state index contributed by atoms with van der Waals surface area (Å²) in [7, 11) is 0. The van der Waals surface area contributed by atoms with Gasteiger partial charge in [0, 0.05) is 75.9 Å². The van der Waals surface area contributed by atoms with Crippen LogP contribution in [-0.4, -0.2) is 24.9 Å². The molecule has 7 heterocycles. The van der Waals surface area contributed by atoms with Gasteiger partial charge in [0.2, 0.25) is 0 Å². The van der Waals surface area contributed by atoms with Crippen LogP contribution < -0.4 is 0 Å². The van der Waals surface area contributed by atoms with Gasteiger partial charge in [-0.25, -0.2) is 19.9 Å². The highest BCUT2D eigenvalue weighted by molar-refractivity contribution is 7.26. The summed E-state index contributed by atoms with van der Waals surface area (Å²) in [6.07, 6.45) is 5.20. The number of hydrogen-bond donors (Lipinski definition) is 0. The van der Waals surface area contributed by atoms with Crippen LogP contribution in [-0.2, 0) is 0 Å². The van der Waals surface area contributed by atoms with Crippen molar-refractivity contribution in [1.29, 1.82) is 0 Å². The third-order valence-corrected chi connectivity index (χ3v) is 19.8. The largest absolute Gasteiger partial charge is 0.455 e. The Hall–Kier alpha value is -10.9.